The second-order valence-electron chi connectivity index (χ2n) is 7.94. The molecule has 3 heteroatoms. The molecule has 1 N–H and O–H groups in total. The summed E-state index contributed by atoms with van der Waals surface area (Å²) in [6, 6.07) is 16.4. The predicted molar refractivity (Wildman–Crippen MR) is 111 cm³/mol. The first-order chi connectivity index (χ1) is 12.4. The zero-order chi connectivity index (χ0) is 18.6. The van der Waals surface area contributed by atoms with Gasteiger partial charge in [-0.25, -0.2) is 0 Å². The highest BCUT2D eigenvalue weighted by molar-refractivity contribution is 6.02. The van der Waals surface area contributed by atoms with E-state index >= 15 is 0 Å². The molecule has 3 rings (SSSR count). The highest BCUT2D eigenvalue weighted by atomic mass is 16.1. The number of carbonyl (C=O) groups is 1. The van der Waals surface area contributed by atoms with E-state index in [4.69, 9.17) is 0 Å². The maximum absolute atomic E-state index is 12.1. The molecule has 1 heterocycles. The molecular weight excluding hydrogens is 320 g/mol. The third-order valence-corrected chi connectivity index (χ3v) is 4.81. The topological polar surface area (TPSA) is 32.3 Å². The maximum Gasteiger partial charge on any atom is 0.248 e. The van der Waals surface area contributed by atoms with Crippen LogP contribution in [-0.2, 0) is 10.2 Å². The Bertz CT molecular complexity index is 761. The van der Waals surface area contributed by atoms with Crippen LogP contribution in [-0.4, -0.2) is 19.0 Å². The molecule has 1 aliphatic rings. The van der Waals surface area contributed by atoms with Gasteiger partial charge in [-0.1, -0.05) is 45.0 Å². The fraction of sp³-hybridized carbons (Fsp3) is 0.348. The van der Waals surface area contributed by atoms with Gasteiger partial charge >= 0.3 is 0 Å². The first kappa shape index (κ1) is 18.2. The molecule has 1 fully saturated rings. The normalized spacial score (nSPS) is 14.8. The molecule has 1 aliphatic heterocycles. The first-order valence-corrected chi connectivity index (χ1v) is 9.36. The molecule has 0 aliphatic carbocycles. The summed E-state index contributed by atoms with van der Waals surface area (Å²) in [7, 11) is 0. The van der Waals surface area contributed by atoms with Crippen LogP contribution in [0.25, 0.3) is 6.08 Å². The van der Waals surface area contributed by atoms with Gasteiger partial charge in [-0.2, -0.15) is 0 Å². The van der Waals surface area contributed by atoms with Crippen LogP contribution < -0.4 is 10.2 Å². The van der Waals surface area contributed by atoms with Gasteiger partial charge in [0.1, 0.15) is 0 Å². The lowest BCUT2D eigenvalue weighted by Gasteiger charge is -2.18. The lowest BCUT2D eigenvalue weighted by atomic mass is 9.87. The summed E-state index contributed by atoms with van der Waals surface area (Å²) in [4.78, 5) is 14.5. The zero-order valence-electron chi connectivity index (χ0n) is 16.0. The Morgan fingerprint density at radius 1 is 0.962 bits per heavy atom. The van der Waals surface area contributed by atoms with Gasteiger partial charge < -0.3 is 10.2 Å². The third-order valence-electron chi connectivity index (χ3n) is 4.81. The largest absolute Gasteiger partial charge is 0.372 e. The number of carbonyl (C=O) groups excluding carboxylic acids is 1. The molecule has 0 saturated carbocycles. The SMILES string of the molecule is CC(C)(C)c1ccc(/C=C/C(=O)Nc2ccc(N3CCCC3)cc2)cc1. The van der Waals surface area contributed by atoms with E-state index in [2.05, 4.69) is 67.4 Å². The first-order valence-electron chi connectivity index (χ1n) is 9.36. The summed E-state index contributed by atoms with van der Waals surface area (Å²) in [6.07, 6.45) is 5.96. The minimum Gasteiger partial charge on any atom is -0.372 e. The maximum atomic E-state index is 12.1. The van der Waals surface area contributed by atoms with Crippen molar-refractivity contribution in [2.24, 2.45) is 0 Å². The summed E-state index contributed by atoms with van der Waals surface area (Å²) in [6.45, 7) is 8.84. The number of hydrogen-bond acceptors (Lipinski definition) is 2. The molecule has 0 radical (unpaired) electrons. The number of anilines is 2. The minimum absolute atomic E-state index is 0.112. The van der Waals surface area contributed by atoms with Crippen LogP contribution in [0.3, 0.4) is 0 Å². The van der Waals surface area contributed by atoms with E-state index in [0.29, 0.717) is 0 Å². The summed E-state index contributed by atoms with van der Waals surface area (Å²) in [5, 5.41) is 2.92. The van der Waals surface area contributed by atoms with E-state index in [1.165, 1.54) is 24.1 Å². The van der Waals surface area contributed by atoms with Crippen LogP contribution in [0.5, 0.6) is 0 Å². The summed E-state index contributed by atoms with van der Waals surface area (Å²) < 4.78 is 0. The van der Waals surface area contributed by atoms with E-state index in [-0.39, 0.29) is 11.3 Å². The van der Waals surface area contributed by atoms with Crippen LogP contribution in [0.2, 0.25) is 0 Å². The molecule has 0 spiro atoms. The Balaban J connectivity index is 1.57. The Morgan fingerprint density at radius 2 is 1.58 bits per heavy atom. The van der Waals surface area contributed by atoms with Crippen LogP contribution in [0, 0.1) is 0 Å². The number of nitrogens with zero attached hydrogens (tertiary/aromatic N) is 1. The molecule has 1 saturated heterocycles. The molecule has 26 heavy (non-hydrogen) atoms. The Hall–Kier alpha value is -2.55. The van der Waals surface area contributed by atoms with Crippen molar-refractivity contribution in [3.8, 4) is 0 Å². The van der Waals surface area contributed by atoms with Crippen molar-refractivity contribution in [3.63, 3.8) is 0 Å². The van der Waals surface area contributed by atoms with Crippen LogP contribution >= 0.6 is 0 Å². The quantitative estimate of drug-likeness (QED) is 0.767. The Kier molecular flexibility index (Phi) is 5.46. The van der Waals surface area contributed by atoms with Crippen molar-refractivity contribution in [1.82, 2.24) is 0 Å². The van der Waals surface area contributed by atoms with Gasteiger partial charge in [0.05, 0.1) is 0 Å². The lowest BCUT2D eigenvalue weighted by molar-refractivity contribution is -0.111. The number of rotatable bonds is 4. The fourth-order valence-electron chi connectivity index (χ4n) is 3.18. The van der Waals surface area contributed by atoms with E-state index in [0.717, 1.165) is 24.3 Å². The highest BCUT2D eigenvalue weighted by Crippen LogP contribution is 2.23. The molecular formula is C23H28N2O. The van der Waals surface area contributed by atoms with Gasteiger partial charge in [0, 0.05) is 30.5 Å². The third kappa shape index (κ3) is 4.75. The fourth-order valence-corrected chi connectivity index (χ4v) is 3.18. The molecule has 0 aromatic heterocycles. The monoisotopic (exact) mass is 348 g/mol. The van der Waals surface area contributed by atoms with Crippen LogP contribution in [0.4, 0.5) is 11.4 Å². The van der Waals surface area contributed by atoms with E-state index in [1.54, 1.807) is 6.08 Å². The highest BCUT2D eigenvalue weighted by Gasteiger charge is 2.13. The average molecular weight is 348 g/mol. The summed E-state index contributed by atoms with van der Waals surface area (Å²) in [5.41, 5.74) is 4.51. The molecule has 1 amide bonds. The Labute approximate surface area is 156 Å². The minimum atomic E-state index is -0.112. The second kappa shape index (κ2) is 7.77. The molecule has 0 bridgehead atoms. The van der Waals surface area contributed by atoms with Crippen molar-refractivity contribution in [3.05, 3.63) is 65.7 Å². The molecule has 0 atom stereocenters. The number of nitrogens with one attached hydrogen (secondary N) is 1. The van der Waals surface area contributed by atoms with Crippen molar-refractivity contribution < 1.29 is 4.79 Å². The average Bonchev–Trinajstić information content (AvgIpc) is 3.15. The van der Waals surface area contributed by atoms with Crippen molar-refractivity contribution in [2.45, 2.75) is 39.0 Å². The van der Waals surface area contributed by atoms with Gasteiger partial charge in [-0.05, 0) is 59.7 Å². The van der Waals surface area contributed by atoms with Gasteiger partial charge in [0.15, 0.2) is 0 Å². The van der Waals surface area contributed by atoms with Crippen molar-refractivity contribution in [1.29, 1.82) is 0 Å². The zero-order valence-corrected chi connectivity index (χ0v) is 16.0. The summed E-state index contributed by atoms with van der Waals surface area (Å²) in [5.74, 6) is -0.112. The number of hydrogen-bond donors (Lipinski definition) is 1. The van der Waals surface area contributed by atoms with E-state index < -0.39 is 0 Å². The van der Waals surface area contributed by atoms with Gasteiger partial charge in [0.2, 0.25) is 5.91 Å². The molecule has 2 aromatic rings. The van der Waals surface area contributed by atoms with E-state index in [1.807, 2.05) is 18.2 Å². The van der Waals surface area contributed by atoms with Gasteiger partial charge in [-0.15, -0.1) is 0 Å². The standard InChI is InChI=1S/C23H28N2O/c1-23(2,3)19-9-6-18(7-10-19)8-15-22(26)24-20-11-13-21(14-12-20)25-16-4-5-17-25/h6-15H,4-5,16-17H2,1-3H3,(H,24,26)/b15-8+. The van der Waals surface area contributed by atoms with Gasteiger partial charge in [-0.3, -0.25) is 4.79 Å². The molecule has 136 valence electrons. The predicted octanol–water partition coefficient (Wildman–Crippen LogP) is 5.24. The summed E-state index contributed by atoms with van der Waals surface area (Å²) >= 11 is 0. The van der Waals surface area contributed by atoms with Crippen LogP contribution in [0.15, 0.2) is 54.6 Å². The van der Waals surface area contributed by atoms with Crippen molar-refractivity contribution in [2.75, 3.05) is 23.3 Å². The smallest absolute Gasteiger partial charge is 0.248 e. The Morgan fingerprint density at radius 3 is 2.15 bits per heavy atom. The molecule has 2 aromatic carbocycles. The number of benzene rings is 2. The second-order valence-corrected chi connectivity index (χ2v) is 7.94. The molecule has 3 nitrogen and oxygen atoms in total. The number of amides is 1. The lowest BCUT2D eigenvalue weighted by Crippen LogP contribution is -2.17. The van der Waals surface area contributed by atoms with Crippen LogP contribution in [0.1, 0.15) is 44.7 Å². The van der Waals surface area contributed by atoms with Crippen molar-refractivity contribution >= 4 is 23.4 Å². The van der Waals surface area contributed by atoms with E-state index in [9.17, 15) is 4.79 Å². The molecule has 0 unspecified atom stereocenters. The van der Waals surface area contributed by atoms with Gasteiger partial charge in [0.25, 0.3) is 0 Å².